The number of methoxy groups -OCH3 is 1. The molecular weight excluding hydrogens is 429 g/mol. The summed E-state index contributed by atoms with van der Waals surface area (Å²) in [4.78, 5) is 25.8. The van der Waals surface area contributed by atoms with Gasteiger partial charge in [0.15, 0.2) is 0 Å². The molecule has 0 aliphatic carbocycles. The highest BCUT2D eigenvalue weighted by molar-refractivity contribution is 7.89. The van der Waals surface area contributed by atoms with E-state index in [9.17, 15) is 18.0 Å². The Morgan fingerprint density at radius 2 is 1.79 bits per heavy atom. The Labute approximate surface area is 172 Å². The smallest absolute Gasteiger partial charge is 0.257 e. The molecule has 0 spiro atoms. The lowest BCUT2D eigenvalue weighted by Gasteiger charge is -2.19. The molecule has 2 aromatic rings. The van der Waals surface area contributed by atoms with Gasteiger partial charge in [-0.1, -0.05) is 29.3 Å². The SMILES string of the molecule is COc1ccc(S(N)(=O)=O)cc1C(=O)N(C)CC(=O)Nc1c(Cl)cccc1Cl. The second-order valence-corrected chi connectivity index (χ2v) is 8.09. The number of ether oxygens (including phenoxy) is 1. The lowest BCUT2D eigenvalue weighted by molar-refractivity contribution is -0.116. The summed E-state index contributed by atoms with van der Waals surface area (Å²) >= 11 is 12.0. The molecule has 2 aromatic carbocycles. The first-order valence-electron chi connectivity index (χ1n) is 7.74. The van der Waals surface area contributed by atoms with Gasteiger partial charge in [-0.05, 0) is 30.3 Å². The molecule has 0 saturated heterocycles. The molecule has 3 N–H and O–H groups in total. The van der Waals surface area contributed by atoms with Crippen LogP contribution in [0.3, 0.4) is 0 Å². The summed E-state index contributed by atoms with van der Waals surface area (Å²) in [5, 5.41) is 8.14. The van der Waals surface area contributed by atoms with Gasteiger partial charge in [0.2, 0.25) is 15.9 Å². The fourth-order valence-corrected chi connectivity index (χ4v) is 3.35. The van der Waals surface area contributed by atoms with Crippen LogP contribution in [0, 0.1) is 0 Å². The number of benzene rings is 2. The van der Waals surface area contributed by atoms with Crippen LogP contribution in [0.15, 0.2) is 41.3 Å². The van der Waals surface area contributed by atoms with Gasteiger partial charge in [0.1, 0.15) is 5.75 Å². The largest absolute Gasteiger partial charge is 0.496 e. The van der Waals surface area contributed by atoms with Gasteiger partial charge in [0, 0.05) is 7.05 Å². The van der Waals surface area contributed by atoms with Crippen LogP contribution in [-0.2, 0) is 14.8 Å². The van der Waals surface area contributed by atoms with Gasteiger partial charge >= 0.3 is 0 Å². The number of para-hydroxylation sites is 1. The third-order valence-electron chi connectivity index (χ3n) is 3.68. The molecule has 2 amide bonds. The number of hydrogen-bond acceptors (Lipinski definition) is 5. The summed E-state index contributed by atoms with van der Waals surface area (Å²) in [7, 11) is -1.32. The lowest BCUT2D eigenvalue weighted by Crippen LogP contribution is -2.35. The predicted molar refractivity (Wildman–Crippen MR) is 106 cm³/mol. The van der Waals surface area contributed by atoms with Gasteiger partial charge < -0.3 is 15.0 Å². The standard InChI is InChI=1S/C17H17Cl2N3O5S/c1-22(9-15(23)21-16-12(18)4-3-5-13(16)19)17(24)11-8-10(28(20,25)26)6-7-14(11)27-2/h3-8H,9H2,1-2H3,(H,21,23)(H2,20,25,26). The Morgan fingerprint density at radius 1 is 1.18 bits per heavy atom. The average molecular weight is 446 g/mol. The van der Waals surface area contributed by atoms with Crippen molar-refractivity contribution in [3.8, 4) is 5.75 Å². The number of carbonyl (C=O) groups is 2. The minimum Gasteiger partial charge on any atom is -0.496 e. The summed E-state index contributed by atoms with van der Waals surface area (Å²) in [6, 6.07) is 8.36. The van der Waals surface area contributed by atoms with Crippen molar-refractivity contribution in [2.75, 3.05) is 26.0 Å². The lowest BCUT2D eigenvalue weighted by atomic mass is 10.1. The number of amides is 2. The quantitative estimate of drug-likeness (QED) is 0.706. The number of primary sulfonamides is 1. The molecule has 0 fully saturated rings. The van der Waals surface area contributed by atoms with Crippen molar-refractivity contribution >= 4 is 50.7 Å². The summed E-state index contributed by atoms with van der Waals surface area (Å²) in [6.07, 6.45) is 0. The maximum atomic E-state index is 12.7. The van der Waals surface area contributed by atoms with Crippen LogP contribution in [0.1, 0.15) is 10.4 Å². The first kappa shape index (κ1) is 22.0. The molecule has 0 heterocycles. The number of rotatable bonds is 6. The van der Waals surface area contributed by atoms with Crippen LogP contribution in [0.25, 0.3) is 0 Å². The molecule has 0 radical (unpaired) electrons. The maximum Gasteiger partial charge on any atom is 0.257 e. The second kappa shape index (κ2) is 8.78. The molecule has 0 unspecified atom stereocenters. The number of carbonyl (C=O) groups excluding carboxylic acids is 2. The monoisotopic (exact) mass is 445 g/mol. The van der Waals surface area contributed by atoms with E-state index in [1.165, 1.54) is 26.3 Å². The van der Waals surface area contributed by atoms with Crippen molar-refractivity contribution in [1.82, 2.24) is 4.90 Å². The number of nitrogens with zero attached hydrogens (tertiary/aromatic N) is 1. The van der Waals surface area contributed by atoms with Gasteiger partial charge in [0.25, 0.3) is 5.91 Å². The number of hydrogen-bond donors (Lipinski definition) is 2. The second-order valence-electron chi connectivity index (χ2n) is 5.71. The highest BCUT2D eigenvalue weighted by Gasteiger charge is 2.22. The van der Waals surface area contributed by atoms with Crippen LogP contribution in [0.2, 0.25) is 10.0 Å². The van der Waals surface area contributed by atoms with Crippen molar-refractivity contribution in [1.29, 1.82) is 0 Å². The number of likely N-dealkylation sites (N-methyl/N-ethyl adjacent to an activating group) is 1. The first-order chi connectivity index (χ1) is 13.0. The van der Waals surface area contributed by atoms with Gasteiger partial charge in [-0.2, -0.15) is 0 Å². The number of nitrogens with one attached hydrogen (secondary N) is 1. The minimum atomic E-state index is -4.02. The van der Waals surface area contributed by atoms with Crippen molar-refractivity contribution in [2.24, 2.45) is 5.14 Å². The molecule has 28 heavy (non-hydrogen) atoms. The average Bonchev–Trinajstić information content (AvgIpc) is 2.62. The molecule has 0 aliphatic heterocycles. The molecular formula is C17H17Cl2N3O5S. The van der Waals surface area contributed by atoms with Crippen LogP contribution in [0.5, 0.6) is 5.75 Å². The zero-order chi connectivity index (χ0) is 21.1. The van der Waals surface area contributed by atoms with Crippen LogP contribution >= 0.6 is 23.2 Å². The van der Waals surface area contributed by atoms with E-state index in [4.69, 9.17) is 33.1 Å². The van der Waals surface area contributed by atoms with E-state index in [-0.39, 0.29) is 38.5 Å². The van der Waals surface area contributed by atoms with Crippen LogP contribution < -0.4 is 15.2 Å². The van der Waals surface area contributed by atoms with E-state index in [0.717, 1.165) is 11.0 Å². The zero-order valence-corrected chi connectivity index (χ0v) is 17.2. The summed E-state index contributed by atoms with van der Waals surface area (Å²) in [5.41, 5.74) is 0.172. The molecule has 0 atom stereocenters. The third kappa shape index (κ3) is 5.14. The van der Waals surface area contributed by atoms with Gasteiger partial charge in [-0.3, -0.25) is 9.59 Å². The maximum absolute atomic E-state index is 12.7. The van der Waals surface area contributed by atoms with Crippen molar-refractivity contribution < 1.29 is 22.7 Å². The normalized spacial score (nSPS) is 11.0. The van der Waals surface area contributed by atoms with E-state index in [0.29, 0.717) is 0 Å². The minimum absolute atomic E-state index is 0.0555. The van der Waals surface area contributed by atoms with Crippen LogP contribution in [-0.4, -0.2) is 45.8 Å². The molecule has 0 aliphatic rings. The highest BCUT2D eigenvalue weighted by Crippen LogP contribution is 2.29. The Balaban J connectivity index is 2.21. The number of sulfonamides is 1. The summed E-state index contributed by atoms with van der Waals surface area (Å²) in [5.74, 6) is -1.05. The molecule has 2 rings (SSSR count). The number of anilines is 1. The number of nitrogens with two attached hydrogens (primary N) is 1. The van der Waals surface area contributed by atoms with E-state index >= 15 is 0 Å². The molecule has 0 aromatic heterocycles. The van der Waals surface area contributed by atoms with E-state index < -0.39 is 21.8 Å². The predicted octanol–water partition coefficient (Wildman–Crippen LogP) is 2.36. The first-order valence-corrected chi connectivity index (χ1v) is 10.0. The summed E-state index contributed by atoms with van der Waals surface area (Å²) < 4.78 is 28.2. The Kier molecular flexibility index (Phi) is 6.89. The third-order valence-corrected chi connectivity index (χ3v) is 5.23. The Hall–Kier alpha value is -2.33. The van der Waals surface area contributed by atoms with Gasteiger partial charge in [0.05, 0.1) is 39.8 Å². The van der Waals surface area contributed by atoms with Crippen molar-refractivity contribution in [3.05, 3.63) is 52.0 Å². The topological polar surface area (TPSA) is 119 Å². The van der Waals surface area contributed by atoms with Crippen LogP contribution in [0.4, 0.5) is 5.69 Å². The van der Waals surface area contributed by atoms with E-state index in [1.807, 2.05) is 0 Å². The number of halogens is 2. The Morgan fingerprint density at radius 3 is 2.32 bits per heavy atom. The highest BCUT2D eigenvalue weighted by atomic mass is 35.5. The molecule has 8 nitrogen and oxygen atoms in total. The Bertz CT molecular complexity index is 1010. The molecule has 150 valence electrons. The van der Waals surface area contributed by atoms with E-state index in [2.05, 4.69) is 5.32 Å². The van der Waals surface area contributed by atoms with E-state index in [1.54, 1.807) is 18.2 Å². The molecule has 11 heteroatoms. The summed E-state index contributed by atoms with van der Waals surface area (Å²) in [6.45, 7) is -0.344. The van der Waals surface area contributed by atoms with Gasteiger partial charge in [-0.15, -0.1) is 0 Å². The van der Waals surface area contributed by atoms with Crippen molar-refractivity contribution in [2.45, 2.75) is 4.90 Å². The van der Waals surface area contributed by atoms with Crippen molar-refractivity contribution in [3.63, 3.8) is 0 Å². The van der Waals surface area contributed by atoms with Gasteiger partial charge in [-0.25, -0.2) is 13.6 Å². The fraction of sp³-hybridized carbons (Fsp3) is 0.176. The molecule has 0 bridgehead atoms. The zero-order valence-electron chi connectivity index (χ0n) is 14.9. The fourth-order valence-electron chi connectivity index (χ4n) is 2.32. The molecule has 0 saturated carbocycles.